The van der Waals surface area contributed by atoms with Gasteiger partial charge in [0.05, 0.1) is 28.6 Å². The summed E-state index contributed by atoms with van der Waals surface area (Å²) < 4.78 is 67.4. The Morgan fingerprint density at radius 1 is 1.26 bits per heavy atom. The van der Waals surface area contributed by atoms with Crippen LogP contribution in [0.1, 0.15) is 5.56 Å². The fourth-order valence-corrected chi connectivity index (χ4v) is 3.10. The van der Waals surface area contributed by atoms with Crippen LogP contribution in [0.5, 0.6) is 5.75 Å². The van der Waals surface area contributed by atoms with Gasteiger partial charge in [-0.15, -0.1) is 0 Å². The number of nitrogens with one attached hydrogen (secondary N) is 2. The fraction of sp³-hybridized carbons (Fsp3) is 0.200. The molecular weight excluding hydrogens is 387 g/mol. The normalized spacial score (nSPS) is 12.3. The molecule has 0 saturated heterocycles. The monoisotopic (exact) mass is 401 g/mol. The number of nitrogens with zero attached hydrogens (tertiary/aromatic N) is 2. The van der Waals surface area contributed by atoms with Crippen molar-refractivity contribution in [1.29, 1.82) is 0 Å². The molecule has 0 atom stereocenters. The standard InChI is InChI=1S/C15H14F3N5O3S/c1-26-10-5-7(27(2,24)25)3-4-9(10)21-14-22-12(19)11-8(15(16,17)18)6-20-13(11)23-14/h3-6H,1-2H3,(H4,19,20,21,22,23). The number of ether oxygens (including phenoxy) is 1. The van der Waals surface area contributed by atoms with Crippen molar-refractivity contribution in [2.75, 3.05) is 24.4 Å². The van der Waals surface area contributed by atoms with Crippen molar-refractivity contribution < 1.29 is 26.3 Å². The van der Waals surface area contributed by atoms with Crippen molar-refractivity contribution in [3.8, 4) is 5.75 Å². The van der Waals surface area contributed by atoms with Crippen LogP contribution < -0.4 is 15.8 Å². The van der Waals surface area contributed by atoms with Crippen molar-refractivity contribution in [2.45, 2.75) is 11.1 Å². The summed E-state index contributed by atoms with van der Waals surface area (Å²) in [5, 5.41) is 2.43. The smallest absolute Gasteiger partial charge is 0.418 e. The van der Waals surface area contributed by atoms with E-state index in [1.54, 1.807) is 0 Å². The Morgan fingerprint density at radius 3 is 2.56 bits per heavy atom. The van der Waals surface area contributed by atoms with Crippen molar-refractivity contribution in [1.82, 2.24) is 15.0 Å². The van der Waals surface area contributed by atoms with Crippen LogP contribution in [-0.2, 0) is 16.0 Å². The van der Waals surface area contributed by atoms with Crippen LogP contribution in [0.15, 0.2) is 29.3 Å². The predicted octanol–water partition coefficient (Wildman–Crippen LogP) is 2.71. The van der Waals surface area contributed by atoms with E-state index in [9.17, 15) is 21.6 Å². The lowest BCUT2D eigenvalue weighted by Crippen LogP contribution is -2.07. The van der Waals surface area contributed by atoms with Gasteiger partial charge in [0, 0.05) is 18.5 Å². The van der Waals surface area contributed by atoms with Gasteiger partial charge in [0.1, 0.15) is 17.2 Å². The summed E-state index contributed by atoms with van der Waals surface area (Å²) in [4.78, 5) is 10.3. The number of anilines is 3. The van der Waals surface area contributed by atoms with Crippen LogP contribution >= 0.6 is 0 Å². The van der Waals surface area contributed by atoms with Crippen molar-refractivity contribution in [2.24, 2.45) is 0 Å². The lowest BCUT2D eigenvalue weighted by Gasteiger charge is -2.12. The number of methoxy groups -OCH3 is 1. The number of rotatable bonds is 4. The van der Waals surface area contributed by atoms with Gasteiger partial charge in [-0.25, -0.2) is 8.42 Å². The van der Waals surface area contributed by atoms with Gasteiger partial charge in [-0.3, -0.25) is 0 Å². The van der Waals surface area contributed by atoms with E-state index in [-0.39, 0.29) is 33.4 Å². The van der Waals surface area contributed by atoms with Crippen molar-refractivity contribution >= 4 is 38.3 Å². The third kappa shape index (κ3) is 3.60. The van der Waals surface area contributed by atoms with Crippen LogP contribution in [0.25, 0.3) is 11.0 Å². The number of nitrogen functional groups attached to an aromatic ring is 1. The second-order valence-corrected chi connectivity index (χ2v) is 7.63. The maximum absolute atomic E-state index is 13.0. The number of alkyl halides is 3. The summed E-state index contributed by atoms with van der Waals surface area (Å²) in [7, 11) is -2.10. The first-order valence-corrected chi connectivity index (χ1v) is 9.26. The van der Waals surface area contributed by atoms with Crippen LogP contribution in [0.4, 0.5) is 30.6 Å². The van der Waals surface area contributed by atoms with Gasteiger partial charge in [0.15, 0.2) is 9.84 Å². The molecule has 0 aliphatic rings. The van der Waals surface area contributed by atoms with Gasteiger partial charge in [-0.05, 0) is 12.1 Å². The molecule has 3 rings (SSSR count). The zero-order valence-electron chi connectivity index (χ0n) is 14.0. The number of halogens is 3. The molecule has 27 heavy (non-hydrogen) atoms. The molecular formula is C15H14F3N5O3S. The molecule has 0 aliphatic carbocycles. The quantitative estimate of drug-likeness (QED) is 0.614. The number of benzene rings is 1. The minimum atomic E-state index is -4.60. The molecule has 8 nitrogen and oxygen atoms in total. The topological polar surface area (TPSA) is 123 Å². The Kier molecular flexibility index (Phi) is 4.38. The molecule has 2 aromatic heterocycles. The summed E-state index contributed by atoms with van der Waals surface area (Å²) in [6, 6.07) is 4.07. The van der Waals surface area contributed by atoms with E-state index in [1.807, 2.05) is 0 Å². The van der Waals surface area contributed by atoms with Gasteiger partial charge in [0.25, 0.3) is 0 Å². The molecule has 0 saturated carbocycles. The van der Waals surface area contributed by atoms with E-state index in [1.165, 1.54) is 25.3 Å². The first-order valence-electron chi connectivity index (χ1n) is 7.37. The minimum Gasteiger partial charge on any atom is -0.495 e. The maximum atomic E-state index is 13.0. The Morgan fingerprint density at radius 2 is 1.96 bits per heavy atom. The fourth-order valence-electron chi connectivity index (χ4n) is 2.47. The highest BCUT2D eigenvalue weighted by Crippen LogP contribution is 2.37. The summed E-state index contributed by atoms with van der Waals surface area (Å²) in [6.45, 7) is 0. The van der Waals surface area contributed by atoms with Crippen molar-refractivity contribution in [3.63, 3.8) is 0 Å². The van der Waals surface area contributed by atoms with E-state index >= 15 is 0 Å². The Bertz CT molecular complexity index is 1130. The zero-order chi connectivity index (χ0) is 20.0. The number of fused-ring (bicyclic) bond motifs is 1. The Hall–Kier alpha value is -3.02. The number of hydrogen-bond acceptors (Lipinski definition) is 7. The highest BCUT2D eigenvalue weighted by Gasteiger charge is 2.35. The Labute approximate surface area is 151 Å². The summed E-state index contributed by atoms with van der Waals surface area (Å²) >= 11 is 0. The van der Waals surface area contributed by atoms with E-state index in [2.05, 4.69) is 20.3 Å². The molecule has 0 aliphatic heterocycles. The number of hydrogen-bond donors (Lipinski definition) is 3. The SMILES string of the molecule is COc1cc(S(C)(=O)=O)ccc1Nc1nc(N)c2c(C(F)(F)F)c[nH]c2n1. The lowest BCUT2D eigenvalue weighted by molar-refractivity contribution is -0.136. The number of aromatic amines is 1. The molecule has 0 amide bonds. The van der Waals surface area contributed by atoms with Crippen LogP contribution in [0.2, 0.25) is 0 Å². The highest BCUT2D eigenvalue weighted by atomic mass is 32.2. The molecule has 2 heterocycles. The number of aromatic nitrogens is 3. The van der Waals surface area contributed by atoms with E-state index < -0.39 is 21.6 Å². The highest BCUT2D eigenvalue weighted by molar-refractivity contribution is 7.90. The molecule has 0 radical (unpaired) electrons. The molecule has 4 N–H and O–H groups in total. The third-order valence-electron chi connectivity index (χ3n) is 3.71. The summed E-state index contributed by atoms with van der Waals surface area (Å²) in [6.07, 6.45) is -2.79. The third-order valence-corrected chi connectivity index (χ3v) is 4.82. The van der Waals surface area contributed by atoms with Crippen LogP contribution in [0, 0.1) is 0 Å². The molecule has 12 heteroatoms. The Balaban J connectivity index is 2.03. The average Bonchev–Trinajstić information content (AvgIpc) is 2.99. The van der Waals surface area contributed by atoms with Gasteiger partial charge >= 0.3 is 6.18 Å². The maximum Gasteiger partial charge on any atom is 0.418 e. The second-order valence-electron chi connectivity index (χ2n) is 5.62. The summed E-state index contributed by atoms with van der Waals surface area (Å²) in [5.41, 5.74) is 4.94. The largest absolute Gasteiger partial charge is 0.495 e. The van der Waals surface area contributed by atoms with Gasteiger partial charge in [-0.1, -0.05) is 0 Å². The van der Waals surface area contributed by atoms with E-state index in [0.29, 0.717) is 5.69 Å². The summed E-state index contributed by atoms with van der Waals surface area (Å²) in [5.74, 6) is -0.258. The number of nitrogens with two attached hydrogens (primary N) is 1. The molecule has 0 unspecified atom stereocenters. The number of sulfone groups is 1. The van der Waals surface area contributed by atoms with Gasteiger partial charge in [-0.2, -0.15) is 23.1 Å². The molecule has 0 bridgehead atoms. The zero-order valence-corrected chi connectivity index (χ0v) is 14.9. The first-order chi connectivity index (χ1) is 12.5. The predicted molar refractivity (Wildman–Crippen MR) is 92.7 cm³/mol. The second kappa shape index (κ2) is 6.30. The molecule has 3 aromatic rings. The van der Waals surface area contributed by atoms with Crippen molar-refractivity contribution in [3.05, 3.63) is 30.0 Å². The average molecular weight is 401 g/mol. The number of H-pyrrole nitrogens is 1. The molecule has 0 spiro atoms. The van der Waals surface area contributed by atoms with E-state index in [4.69, 9.17) is 10.5 Å². The van der Waals surface area contributed by atoms with Gasteiger partial charge in [0.2, 0.25) is 5.95 Å². The van der Waals surface area contributed by atoms with Crippen LogP contribution in [-0.4, -0.2) is 36.7 Å². The van der Waals surface area contributed by atoms with Gasteiger partial charge < -0.3 is 20.8 Å². The molecule has 0 fully saturated rings. The lowest BCUT2D eigenvalue weighted by atomic mass is 10.2. The van der Waals surface area contributed by atoms with E-state index in [0.717, 1.165) is 12.5 Å². The molecule has 144 valence electrons. The van der Waals surface area contributed by atoms with Crippen LogP contribution in [0.3, 0.4) is 0 Å². The minimum absolute atomic E-state index is 0.0416. The molecule has 1 aromatic carbocycles. The first kappa shape index (κ1) is 18.8.